The summed E-state index contributed by atoms with van der Waals surface area (Å²) in [7, 11) is -4.30. The van der Waals surface area contributed by atoms with Gasteiger partial charge in [0.15, 0.2) is 5.75 Å². The maximum atomic E-state index is 12.9. The fourth-order valence-electron chi connectivity index (χ4n) is 3.30. The third kappa shape index (κ3) is 3.49. The molecule has 0 atom stereocenters. The normalized spacial score (nSPS) is 18.8. The Balaban J connectivity index is 1.60. The molecule has 154 valence electrons. The third-order valence-corrected chi connectivity index (χ3v) is 5.66. The van der Waals surface area contributed by atoms with Crippen molar-refractivity contribution in [3.8, 4) is 5.75 Å². The molecule has 0 unspecified atom stereocenters. The molecule has 0 fully saturated rings. The highest BCUT2D eigenvalue weighted by Gasteiger charge is 2.29. The molecular weight excluding hydrogens is 406 g/mol. The number of benzene rings is 2. The van der Waals surface area contributed by atoms with E-state index in [1.807, 2.05) is 36.1 Å². The highest BCUT2D eigenvalue weighted by Crippen LogP contribution is 2.38. The Morgan fingerprint density at radius 2 is 1.80 bits per heavy atom. The van der Waals surface area contributed by atoms with Gasteiger partial charge >= 0.3 is 0 Å². The number of hydrogen-bond acceptors (Lipinski definition) is 6. The fourth-order valence-corrected chi connectivity index (χ4v) is 3.78. The number of carbonyl (C=O) groups excluding carboxylic acids is 1. The second-order valence-electron chi connectivity index (χ2n) is 6.67. The largest absolute Gasteiger partial charge is 0.439 e. The summed E-state index contributed by atoms with van der Waals surface area (Å²) in [6.45, 7) is 4.44. The van der Waals surface area contributed by atoms with Gasteiger partial charge in [-0.05, 0) is 62.4 Å². The van der Waals surface area contributed by atoms with Crippen LogP contribution in [0.25, 0.3) is 0 Å². The van der Waals surface area contributed by atoms with Crippen LogP contribution < -0.4 is 14.6 Å². The van der Waals surface area contributed by atoms with Gasteiger partial charge in [0, 0.05) is 6.54 Å². The average molecular weight is 425 g/mol. The highest BCUT2D eigenvalue weighted by atomic mass is 32.2. The van der Waals surface area contributed by atoms with Crippen LogP contribution in [0.5, 0.6) is 5.75 Å². The van der Waals surface area contributed by atoms with E-state index in [0.29, 0.717) is 29.4 Å². The molecule has 2 aliphatic heterocycles. The molecule has 1 N–H and O–H groups in total. The minimum Gasteiger partial charge on any atom is -0.439 e. The molecule has 8 nitrogen and oxygen atoms in total. The first-order valence-electron chi connectivity index (χ1n) is 9.23. The smallest absolute Gasteiger partial charge is 0.294 e. The number of amides is 1. The molecule has 2 heterocycles. The maximum absolute atomic E-state index is 12.9. The maximum Gasteiger partial charge on any atom is 0.294 e. The van der Waals surface area contributed by atoms with E-state index < -0.39 is 10.1 Å². The first-order chi connectivity index (χ1) is 14.3. The lowest BCUT2D eigenvalue weighted by Gasteiger charge is -2.15. The van der Waals surface area contributed by atoms with Crippen LogP contribution in [0.4, 0.5) is 11.4 Å². The van der Waals surface area contributed by atoms with E-state index in [9.17, 15) is 13.2 Å². The molecule has 0 saturated heterocycles. The summed E-state index contributed by atoms with van der Waals surface area (Å²) in [5, 5.41) is 5.46. The zero-order valence-corrected chi connectivity index (χ0v) is 17.1. The molecule has 0 aliphatic carbocycles. The fraction of sp³-hybridized carbons (Fsp3) is 0.143. The number of nitrogens with zero attached hydrogens (tertiary/aromatic N) is 3. The van der Waals surface area contributed by atoms with Crippen molar-refractivity contribution in [3.63, 3.8) is 0 Å². The minimum absolute atomic E-state index is 0.253. The summed E-state index contributed by atoms with van der Waals surface area (Å²) in [5.74, 6) is 1.03. The van der Waals surface area contributed by atoms with Crippen molar-refractivity contribution in [2.45, 2.75) is 18.7 Å². The van der Waals surface area contributed by atoms with Crippen LogP contribution in [-0.4, -0.2) is 31.1 Å². The molecule has 0 aromatic heterocycles. The SMILES string of the molecule is CCN1/C(=C\C=C2/C(=O)N(c3ccc(S(=O)(=O)O)cc3)N=C2C)Oc2ccccc21. The average Bonchev–Trinajstić information content (AvgIpc) is 3.22. The van der Waals surface area contributed by atoms with Crippen LogP contribution in [-0.2, 0) is 14.9 Å². The van der Waals surface area contributed by atoms with Gasteiger partial charge in [0.1, 0.15) is 0 Å². The number of ether oxygens (including phenoxy) is 1. The molecule has 9 heteroatoms. The molecule has 2 aromatic carbocycles. The van der Waals surface area contributed by atoms with Gasteiger partial charge in [0.05, 0.1) is 27.6 Å². The van der Waals surface area contributed by atoms with Crippen LogP contribution >= 0.6 is 0 Å². The summed E-state index contributed by atoms with van der Waals surface area (Å²) >= 11 is 0. The van der Waals surface area contributed by atoms with Crippen LogP contribution in [0.15, 0.2) is 82.1 Å². The van der Waals surface area contributed by atoms with Gasteiger partial charge in [0.2, 0.25) is 5.88 Å². The number of allylic oxidation sites excluding steroid dienone is 2. The molecule has 1 amide bonds. The van der Waals surface area contributed by atoms with E-state index in [1.54, 1.807) is 19.1 Å². The van der Waals surface area contributed by atoms with Crippen LogP contribution in [0.2, 0.25) is 0 Å². The molecular formula is C21H19N3O5S. The van der Waals surface area contributed by atoms with Crippen molar-refractivity contribution in [2.24, 2.45) is 5.10 Å². The molecule has 0 saturated carbocycles. The third-order valence-electron chi connectivity index (χ3n) is 4.79. The number of anilines is 2. The van der Waals surface area contributed by atoms with Crippen molar-refractivity contribution in [1.82, 2.24) is 0 Å². The summed E-state index contributed by atoms with van der Waals surface area (Å²) in [4.78, 5) is 14.6. The van der Waals surface area contributed by atoms with E-state index in [0.717, 1.165) is 11.4 Å². The number of fused-ring (bicyclic) bond motifs is 1. The van der Waals surface area contributed by atoms with E-state index in [4.69, 9.17) is 9.29 Å². The van der Waals surface area contributed by atoms with E-state index in [1.165, 1.54) is 29.3 Å². The minimum atomic E-state index is -4.30. The Morgan fingerprint density at radius 3 is 2.47 bits per heavy atom. The van der Waals surface area contributed by atoms with Gasteiger partial charge in [-0.15, -0.1) is 0 Å². The van der Waals surface area contributed by atoms with Crippen molar-refractivity contribution < 1.29 is 22.5 Å². The monoisotopic (exact) mass is 425 g/mol. The molecule has 4 rings (SSSR count). The van der Waals surface area contributed by atoms with Gasteiger partial charge in [-0.2, -0.15) is 18.5 Å². The molecule has 2 aromatic rings. The summed E-state index contributed by atoms with van der Waals surface area (Å²) < 4.78 is 37.4. The van der Waals surface area contributed by atoms with Gasteiger partial charge in [-0.1, -0.05) is 12.1 Å². The number of rotatable bonds is 4. The molecule has 2 aliphatic rings. The Kier molecular flexibility index (Phi) is 4.92. The van der Waals surface area contributed by atoms with Crippen LogP contribution in [0.1, 0.15) is 13.8 Å². The topological polar surface area (TPSA) is 99.5 Å². The first kappa shape index (κ1) is 19.9. The molecule has 30 heavy (non-hydrogen) atoms. The summed E-state index contributed by atoms with van der Waals surface area (Å²) in [6.07, 6.45) is 3.40. The predicted octanol–water partition coefficient (Wildman–Crippen LogP) is 3.34. The van der Waals surface area contributed by atoms with Crippen LogP contribution in [0, 0.1) is 0 Å². The predicted molar refractivity (Wildman–Crippen MR) is 113 cm³/mol. The number of para-hydroxylation sites is 2. The van der Waals surface area contributed by atoms with Gasteiger partial charge in [-0.25, -0.2) is 0 Å². The Hall–Kier alpha value is -3.43. The zero-order valence-electron chi connectivity index (χ0n) is 16.3. The van der Waals surface area contributed by atoms with E-state index in [-0.39, 0.29) is 10.8 Å². The number of hydrogen-bond donors (Lipinski definition) is 1. The lowest BCUT2D eigenvalue weighted by molar-refractivity contribution is -0.114. The highest BCUT2D eigenvalue weighted by molar-refractivity contribution is 7.85. The summed E-state index contributed by atoms with van der Waals surface area (Å²) in [6, 6.07) is 13.0. The molecule has 0 radical (unpaired) electrons. The first-order valence-corrected chi connectivity index (χ1v) is 10.7. The van der Waals surface area contributed by atoms with Gasteiger partial charge < -0.3 is 9.64 Å². The zero-order chi connectivity index (χ0) is 21.5. The Bertz CT molecular complexity index is 1210. The second-order valence-corrected chi connectivity index (χ2v) is 8.09. The second kappa shape index (κ2) is 7.43. The lowest BCUT2D eigenvalue weighted by Crippen LogP contribution is -2.21. The van der Waals surface area contributed by atoms with Crippen LogP contribution in [0.3, 0.4) is 0 Å². The standard InChI is InChI=1S/C21H19N3O5S/c1-3-23-18-6-4-5-7-19(18)29-20(23)13-12-17-14(2)22-24(21(17)25)15-8-10-16(11-9-15)30(26,27)28/h4-13H,3H2,1-2H3,(H,26,27,28)/b17-12-,20-13+. The Labute approximate surface area is 174 Å². The quantitative estimate of drug-likeness (QED) is 0.596. The summed E-state index contributed by atoms with van der Waals surface area (Å²) in [5.41, 5.74) is 2.28. The van der Waals surface area contributed by atoms with Gasteiger partial charge in [-0.3, -0.25) is 9.35 Å². The molecule has 0 spiro atoms. The van der Waals surface area contributed by atoms with Crippen molar-refractivity contribution >= 4 is 33.1 Å². The van der Waals surface area contributed by atoms with Crippen molar-refractivity contribution in [2.75, 3.05) is 16.5 Å². The number of hydrazone groups is 1. The van der Waals surface area contributed by atoms with E-state index in [2.05, 4.69) is 5.10 Å². The Morgan fingerprint density at radius 1 is 1.10 bits per heavy atom. The van der Waals surface area contributed by atoms with E-state index >= 15 is 0 Å². The van der Waals surface area contributed by atoms with Crippen molar-refractivity contribution in [1.29, 1.82) is 0 Å². The molecule has 0 bridgehead atoms. The lowest BCUT2D eigenvalue weighted by atomic mass is 10.1. The van der Waals surface area contributed by atoms with Gasteiger partial charge in [0.25, 0.3) is 16.0 Å². The van der Waals surface area contributed by atoms with Crippen molar-refractivity contribution in [3.05, 3.63) is 72.1 Å². The number of carbonyl (C=O) groups is 1.